The maximum atomic E-state index is 6.56. The Hall–Kier alpha value is -1.98. The van der Waals surface area contributed by atoms with Crippen LogP contribution < -0.4 is 11.1 Å². The fourth-order valence-corrected chi connectivity index (χ4v) is 0.654. The standard InChI is InChI=1S/C7H12N6/c1-3-4-6(11-5-8)7(10-2)12-13-9/h3-5H,1H2,2H3,(H2,8,11)(H2,9,10,12)/b6-4-. The molecule has 0 aromatic heterocycles. The van der Waals surface area contributed by atoms with Gasteiger partial charge >= 0.3 is 0 Å². The lowest BCUT2D eigenvalue weighted by molar-refractivity contribution is 0.964. The number of aliphatic imine (C=N–C) groups is 1. The molecule has 0 radical (unpaired) electrons. The molecule has 6 heteroatoms. The van der Waals surface area contributed by atoms with E-state index in [1.807, 2.05) is 0 Å². The minimum atomic E-state index is 0.358. The molecule has 0 unspecified atom stereocenters. The number of nitrogens with zero attached hydrogens (tertiary/aromatic N) is 3. The highest BCUT2D eigenvalue weighted by Gasteiger charge is 2.01. The molecule has 0 heterocycles. The van der Waals surface area contributed by atoms with E-state index in [1.165, 1.54) is 0 Å². The number of hydrogen-bond donors (Lipinski definition) is 3. The number of amidine groups is 1. The normalized spacial score (nSPS) is 13.0. The van der Waals surface area contributed by atoms with Crippen molar-refractivity contribution in [3.8, 4) is 0 Å². The lowest BCUT2D eigenvalue weighted by Gasteiger charge is -2.01. The predicted molar refractivity (Wildman–Crippen MR) is 52.6 cm³/mol. The average molecular weight is 180 g/mol. The first kappa shape index (κ1) is 11.0. The number of likely N-dealkylation sites (N-methyl/N-ethyl adjacent to an activating group) is 1. The summed E-state index contributed by atoms with van der Waals surface area (Å²) < 4.78 is 0. The Balaban J connectivity index is 4.90. The van der Waals surface area contributed by atoms with Crippen molar-refractivity contribution in [1.82, 2.24) is 5.32 Å². The summed E-state index contributed by atoms with van der Waals surface area (Å²) in [4.78, 5) is 3.81. The summed E-state index contributed by atoms with van der Waals surface area (Å²) >= 11 is 0. The number of rotatable bonds is 4. The second-order valence-electron chi connectivity index (χ2n) is 1.86. The van der Waals surface area contributed by atoms with Crippen LogP contribution in [0.4, 0.5) is 0 Å². The van der Waals surface area contributed by atoms with Gasteiger partial charge in [0.2, 0.25) is 0 Å². The molecule has 0 spiro atoms. The molecule has 0 fully saturated rings. The Morgan fingerprint density at radius 1 is 1.62 bits per heavy atom. The Morgan fingerprint density at radius 2 is 2.31 bits per heavy atom. The second-order valence-corrected chi connectivity index (χ2v) is 1.86. The molecule has 0 amide bonds. The lowest BCUT2D eigenvalue weighted by atomic mass is 10.3. The van der Waals surface area contributed by atoms with Crippen LogP contribution in [0.15, 0.2) is 39.7 Å². The maximum absolute atomic E-state index is 6.56. The van der Waals surface area contributed by atoms with E-state index in [4.69, 9.17) is 11.3 Å². The Labute approximate surface area is 76.4 Å². The SMILES string of the molecule is C=C/C=C(\N=C/N)C(=N/N=N)/NC. The molecule has 0 atom stereocenters. The van der Waals surface area contributed by atoms with Gasteiger partial charge in [-0.25, -0.2) is 4.99 Å². The van der Waals surface area contributed by atoms with E-state index in [-0.39, 0.29) is 0 Å². The molecule has 6 nitrogen and oxygen atoms in total. The van der Waals surface area contributed by atoms with Crippen LogP contribution in [-0.2, 0) is 0 Å². The zero-order valence-corrected chi connectivity index (χ0v) is 7.36. The summed E-state index contributed by atoms with van der Waals surface area (Å²) in [6.07, 6.45) is 4.27. The van der Waals surface area contributed by atoms with Gasteiger partial charge in [0, 0.05) is 7.05 Å². The third-order valence-electron chi connectivity index (χ3n) is 1.12. The quantitative estimate of drug-likeness (QED) is 0.194. The number of hydrogen-bond acceptors (Lipinski definition) is 3. The molecule has 0 aromatic rings. The molecular weight excluding hydrogens is 168 g/mol. The summed E-state index contributed by atoms with van der Waals surface area (Å²) in [5.74, 6) is 0.358. The van der Waals surface area contributed by atoms with Gasteiger partial charge in [-0.15, -0.1) is 5.10 Å². The first-order chi connectivity index (χ1) is 6.29. The van der Waals surface area contributed by atoms with Gasteiger partial charge in [-0.05, 0) is 6.08 Å². The third-order valence-corrected chi connectivity index (χ3v) is 1.12. The predicted octanol–water partition coefficient (Wildman–Crippen LogP) is 0.607. The molecule has 0 aliphatic heterocycles. The van der Waals surface area contributed by atoms with Crippen molar-refractivity contribution in [2.45, 2.75) is 0 Å². The van der Waals surface area contributed by atoms with Gasteiger partial charge in [0.15, 0.2) is 5.84 Å². The van der Waals surface area contributed by atoms with E-state index >= 15 is 0 Å². The monoisotopic (exact) mass is 180 g/mol. The number of allylic oxidation sites excluding steroid dienone is 2. The molecule has 4 N–H and O–H groups in total. The Bertz CT molecular complexity index is 262. The van der Waals surface area contributed by atoms with Gasteiger partial charge in [-0.2, -0.15) is 5.53 Å². The Kier molecular flexibility index (Phi) is 5.69. The fourth-order valence-electron chi connectivity index (χ4n) is 0.654. The van der Waals surface area contributed by atoms with E-state index in [9.17, 15) is 0 Å². The van der Waals surface area contributed by atoms with E-state index in [2.05, 4.69) is 27.2 Å². The second kappa shape index (κ2) is 6.71. The van der Waals surface area contributed by atoms with Gasteiger partial charge in [0.05, 0.1) is 6.34 Å². The first-order valence-corrected chi connectivity index (χ1v) is 3.49. The summed E-state index contributed by atoms with van der Waals surface area (Å²) in [7, 11) is 1.65. The molecule has 70 valence electrons. The fraction of sp³-hybridized carbons (Fsp3) is 0.143. The summed E-state index contributed by atoms with van der Waals surface area (Å²) in [5.41, 5.74) is 12.1. The number of nitrogens with two attached hydrogens (primary N) is 1. The van der Waals surface area contributed by atoms with Crippen molar-refractivity contribution >= 4 is 12.2 Å². The van der Waals surface area contributed by atoms with Crippen molar-refractivity contribution in [2.24, 2.45) is 21.1 Å². The van der Waals surface area contributed by atoms with Crippen LogP contribution in [0.5, 0.6) is 0 Å². The van der Waals surface area contributed by atoms with E-state index in [0.717, 1.165) is 6.34 Å². The zero-order valence-electron chi connectivity index (χ0n) is 7.36. The molecular formula is C7H12N6. The molecule has 0 aromatic carbocycles. The van der Waals surface area contributed by atoms with Crippen LogP contribution in [0.1, 0.15) is 0 Å². The number of nitrogens with one attached hydrogen (secondary N) is 2. The van der Waals surface area contributed by atoms with Crippen molar-refractivity contribution in [1.29, 1.82) is 5.53 Å². The molecule has 0 saturated carbocycles. The van der Waals surface area contributed by atoms with Crippen molar-refractivity contribution in [3.05, 3.63) is 24.4 Å². The molecule has 0 saturated heterocycles. The lowest BCUT2D eigenvalue weighted by Crippen LogP contribution is -2.19. The van der Waals surface area contributed by atoms with E-state index in [0.29, 0.717) is 11.5 Å². The summed E-state index contributed by atoms with van der Waals surface area (Å²) in [5, 5.41) is 9.09. The van der Waals surface area contributed by atoms with Crippen LogP contribution in [0, 0.1) is 5.53 Å². The zero-order chi connectivity index (χ0) is 10.1. The smallest absolute Gasteiger partial charge is 0.176 e. The minimum Gasteiger partial charge on any atom is -0.390 e. The average Bonchev–Trinajstić information content (AvgIpc) is 2.14. The largest absolute Gasteiger partial charge is 0.390 e. The maximum Gasteiger partial charge on any atom is 0.176 e. The van der Waals surface area contributed by atoms with Crippen LogP contribution in [0.2, 0.25) is 0 Å². The van der Waals surface area contributed by atoms with Gasteiger partial charge < -0.3 is 11.1 Å². The molecule has 0 aliphatic carbocycles. The highest BCUT2D eigenvalue weighted by molar-refractivity contribution is 5.98. The Morgan fingerprint density at radius 3 is 2.69 bits per heavy atom. The highest BCUT2D eigenvalue weighted by Crippen LogP contribution is 1.98. The molecule has 0 rings (SSSR count). The summed E-state index contributed by atoms with van der Waals surface area (Å²) in [6, 6.07) is 0. The molecule has 0 bridgehead atoms. The van der Waals surface area contributed by atoms with E-state index in [1.54, 1.807) is 19.2 Å². The van der Waals surface area contributed by atoms with Crippen LogP contribution in [0.3, 0.4) is 0 Å². The van der Waals surface area contributed by atoms with Crippen LogP contribution in [-0.4, -0.2) is 19.2 Å². The van der Waals surface area contributed by atoms with Gasteiger partial charge in [-0.1, -0.05) is 17.9 Å². The van der Waals surface area contributed by atoms with Gasteiger partial charge in [0.1, 0.15) is 5.70 Å². The van der Waals surface area contributed by atoms with Crippen molar-refractivity contribution in [2.75, 3.05) is 7.05 Å². The van der Waals surface area contributed by atoms with Crippen molar-refractivity contribution in [3.63, 3.8) is 0 Å². The van der Waals surface area contributed by atoms with Gasteiger partial charge in [0.25, 0.3) is 0 Å². The van der Waals surface area contributed by atoms with Crippen molar-refractivity contribution < 1.29 is 0 Å². The first-order valence-electron chi connectivity index (χ1n) is 3.49. The molecule has 0 aliphatic rings. The van der Waals surface area contributed by atoms with Crippen LogP contribution in [0.25, 0.3) is 0 Å². The van der Waals surface area contributed by atoms with Gasteiger partial charge in [-0.3, -0.25) is 0 Å². The van der Waals surface area contributed by atoms with E-state index < -0.39 is 0 Å². The topological polar surface area (TPSA) is 99.0 Å². The minimum absolute atomic E-state index is 0.358. The van der Waals surface area contributed by atoms with Crippen LogP contribution >= 0.6 is 0 Å². The third kappa shape index (κ3) is 3.80. The summed E-state index contributed by atoms with van der Waals surface area (Å²) in [6.45, 7) is 3.51. The highest BCUT2D eigenvalue weighted by atomic mass is 15.3. The molecule has 13 heavy (non-hydrogen) atoms.